The van der Waals surface area contributed by atoms with Crippen molar-refractivity contribution in [3.05, 3.63) is 23.8 Å². The average Bonchev–Trinajstić information content (AvgIpc) is 2.44. The maximum Gasteiger partial charge on any atom is 0.249 e. The van der Waals surface area contributed by atoms with Crippen LogP contribution in [0.25, 0.3) is 0 Å². The summed E-state index contributed by atoms with van der Waals surface area (Å²) in [5.41, 5.74) is 0.958. The normalized spacial score (nSPS) is 19.8. The summed E-state index contributed by atoms with van der Waals surface area (Å²) in [4.78, 5) is 13.0. The molecule has 1 aromatic carbocycles. The van der Waals surface area contributed by atoms with Gasteiger partial charge in [0.05, 0.1) is 4.90 Å². The minimum Gasteiger partial charge on any atom is -0.314 e. The van der Waals surface area contributed by atoms with Crippen LogP contribution >= 0.6 is 11.6 Å². The summed E-state index contributed by atoms with van der Waals surface area (Å²) in [6.07, 6.45) is 0. The molecule has 1 aromatic rings. The highest BCUT2D eigenvalue weighted by Gasteiger charge is 2.36. The third kappa shape index (κ3) is 1.42. The predicted molar refractivity (Wildman–Crippen MR) is 57.0 cm³/mol. The van der Waals surface area contributed by atoms with E-state index in [2.05, 4.69) is 0 Å². The Labute approximate surface area is 93.4 Å². The van der Waals surface area contributed by atoms with E-state index in [0.717, 1.165) is 0 Å². The molecule has 0 aromatic heterocycles. The first kappa shape index (κ1) is 10.4. The van der Waals surface area contributed by atoms with Gasteiger partial charge in [-0.25, -0.2) is 8.42 Å². The Morgan fingerprint density at radius 1 is 1.40 bits per heavy atom. The number of benzene rings is 1. The highest BCUT2D eigenvalue weighted by molar-refractivity contribution is 7.72. The van der Waals surface area contributed by atoms with E-state index >= 15 is 0 Å². The minimum absolute atomic E-state index is 0.125. The molecule has 1 aliphatic heterocycles. The molecule has 1 amide bonds. The third-order valence-electron chi connectivity index (χ3n) is 2.42. The number of hydrogen-bond acceptors (Lipinski definition) is 3. The average molecular weight is 246 g/mol. The van der Waals surface area contributed by atoms with Crippen LogP contribution in [0.2, 0.25) is 0 Å². The summed E-state index contributed by atoms with van der Waals surface area (Å²) in [7, 11) is -1.15. The van der Waals surface area contributed by atoms with Crippen LogP contribution in [0.4, 0.5) is 5.69 Å². The predicted octanol–water partition coefficient (Wildman–Crippen LogP) is 0.913. The molecule has 0 N–H and O–H groups in total. The number of carbonyl (C=O) groups is 1. The van der Waals surface area contributed by atoms with E-state index in [0.29, 0.717) is 11.3 Å². The number of anilines is 1. The molecule has 1 unspecified atom stereocenters. The van der Waals surface area contributed by atoms with Crippen LogP contribution in [-0.4, -0.2) is 21.4 Å². The summed E-state index contributed by atoms with van der Waals surface area (Å²) in [5, 5.41) is -0.894. The molecule has 1 atom stereocenters. The summed E-state index contributed by atoms with van der Waals surface area (Å²) >= 11 is 5.88. The van der Waals surface area contributed by atoms with Gasteiger partial charge in [0.1, 0.15) is 5.38 Å². The van der Waals surface area contributed by atoms with Crippen molar-refractivity contribution in [3.8, 4) is 0 Å². The summed E-state index contributed by atoms with van der Waals surface area (Å²) in [5.74, 6) is -0.295. The van der Waals surface area contributed by atoms with Gasteiger partial charge in [0.2, 0.25) is 5.91 Å². The number of fused-ring (bicyclic) bond motifs is 1. The third-order valence-corrected chi connectivity index (χ3v) is 3.61. The second-order valence-electron chi connectivity index (χ2n) is 3.23. The Balaban J connectivity index is 2.74. The first-order valence-corrected chi connectivity index (χ1v) is 5.84. The van der Waals surface area contributed by atoms with Crippen molar-refractivity contribution in [2.24, 2.45) is 0 Å². The Bertz CT molecular complexity index is 504. The number of nitrogens with zero attached hydrogens (tertiary/aromatic N) is 1. The molecule has 0 radical (unpaired) electrons. The van der Waals surface area contributed by atoms with Gasteiger partial charge in [0.25, 0.3) is 0 Å². The van der Waals surface area contributed by atoms with Crippen LogP contribution in [0.3, 0.4) is 0 Å². The van der Waals surface area contributed by atoms with Crippen molar-refractivity contribution in [1.29, 1.82) is 0 Å². The molecule has 2 rings (SSSR count). The van der Waals surface area contributed by atoms with Gasteiger partial charge in [-0.05, 0) is 12.1 Å². The molecule has 0 saturated heterocycles. The second-order valence-corrected chi connectivity index (χ2v) is 4.66. The van der Waals surface area contributed by atoms with Gasteiger partial charge in [0, 0.05) is 18.3 Å². The Morgan fingerprint density at radius 3 is 2.67 bits per heavy atom. The van der Waals surface area contributed by atoms with Gasteiger partial charge in [-0.3, -0.25) is 4.79 Å². The van der Waals surface area contributed by atoms with Crippen molar-refractivity contribution >= 4 is 33.9 Å². The molecule has 1 aliphatic rings. The van der Waals surface area contributed by atoms with E-state index in [-0.39, 0.29) is 10.8 Å². The number of amides is 1. The number of thiol groups is 1. The number of alkyl halides is 1. The first-order valence-electron chi connectivity index (χ1n) is 4.23. The van der Waals surface area contributed by atoms with Gasteiger partial charge < -0.3 is 4.90 Å². The zero-order valence-corrected chi connectivity index (χ0v) is 9.46. The molecular weight excluding hydrogens is 238 g/mol. The monoisotopic (exact) mass is 245 g/mol. The Hall–Kier alpha value is -1.07. The molecule has 6 heteroatoms. The van der Waals surface area contributed by atoms with Gasteiger partial charge in [-0.15, -0.1) is 11.6 Å². The smallest absolute Gasteiger partial charge is 0.249 e. The van der Waals surface area contributed by atoms with E-state index in [1.54, 1.807) is 19.2 Å². The van der Waals surface area contributed by atoms with Gasteiger partial charge in [0.15, 0.2) is 10.7 Å². The number of hydrogen-bond donors (Lipinski definition) is 1. The molecule has 4 nitrogen and oxygen atoms in total. The van der Waals surface area contributed by atoms with Crippen LogP contribution in [0.15, 0.2) is 23.1 Å². The highest BCUT2D eigenvalue weighted by atomic mass is 35.5. The molecule has 80 valence electrons. The summed E-state index contributed by atoms with van der Waals surface area (Å²) < 4.78 is 21.9. The highest BCUT2D eigenvalue weighted by Crippen LogP contribution is 2.41. The topological polar surface area (TPSA) is 54.5 Å². The SMILES string of the molecule is CN1C(=O)C(Cl)c2c1cccc2[SH](=O)=O. The van der Waals surface area contributed by atoms with Crippen LogP contribution < -0.4 is 4.90 Å². The van der Waals surface area contributed by atoms with E-state index in [4.69, 9.17) is 11.6 Å². The van der Waals surface area contributed by atoms with Crippen LogP contribution in [0.5, 0.6) is 0 Å². The van der Waals surface area contributed by atoms with Crippen molar-refractivity contribution in [2.75, 3.05) is 11.9 Å². The largest absolute Gasteiger partial charge is 0.314 e. The Morgan fingerprint density at radius 2 is 2.07 bits per heavy atom. The summed E-state index contributed by atoms with van der Waals surface area (Å²) in [6, 6.07) is 4.72. The Kier molecular flexibility index (Phi) is 2.44. The second kappa shape index (κ2) is 3.50. The lowest BCUT2D eigenvalue weighted by molar-refractivity contribution is -0.117. The lowest BCUT2D eigenvalue weighted by atomic mass is 10.1. The van der Waals surface area contributed by atoms with Crippen molar-refractivity contribution in [3.63, 3.8) is 0 Å². The van der Waals surface area contributed by atoms with Crippen molar-refractivity contribution in [1.82, 2.24) is 0 Å². The van der Waals surface area contributed by atoms with Crippen LogP contribution in [-0.2, 0) is 15.5 Å². The number of halogens is 1. The standard InChI is InChI=1S/C9H8ClNO3S/c1-11-5-3-2-4-6(15(13)14)7(5)8(10)9(11)12/h2-4,8,15H,1H3. The van der Waals surface area contributed by atoms with Crippen LogP contribution in [0, 0.1) is 0 Å². The minimum atomic E-state index is -2.73. The van der Waals surface area contributed by atoms with E-state index < -0.39 is 16.1 Å². The lowest BCUT2D eigenvalue weighted by Crippen LogP contribution is -2.21. The van der Waals surface area contributed by atoms with E-state index in [9.17, 15) is 13.2 Å². The van der Waals surface area contributed by atoms with E-state index in [1.165, 1.54) is 11.0 Å². The summed E-state index contributed by atoms with van der Waals surface area (Å²) in [6.45, 7) is 0. The maximum atomic E-state index is 11.5. The fourth-order valence-electron chi connectivity index (χ4n) is 1.66. The van der Waals surface area contributed by atoms with Crippen molar-refractivity contribution < 1.29 is 13.2 Å². The van der Waals surface area contributed by atoms with E-state index in [1.807, 2.05) is 0 Å². The lowest BCUT2D eigenvalue weighted by Gasteiger charge is -2.09. The molecule has 1 heterocycles. The molecule has 0 spiro atoms. The molecule has 0 saturated carbocycles. The van der Waals surface area contributed by atoms with Gasteiger partial charge in [-0.1, -0.05) is 6.07 Å². The zero-order chi connectivity index (χ0) is 11.2. The van der Waals surface area contributed by atoms with Crippen molar-refractivity contribution in [2.45, 2.75) is 10.3 Å². The van der Waals surface area contributed by atoms with Crippen LogP contribution in [0.1, 0.15) is 10.9 Å². The molecule has 15 heavy (non-hydrogen) atoms. The fraction of sp³-hybridized carbons (Fsp3) is 0.222. The molecule has 0 bridgehead atoms. The first-order chi connectivity index (χ1) is 7.04. The van der Waals surface area contributed by atoms with Gasteiger partial charge >= 0.3 is 0 Å². The number of rotatable bonds is 1. The fourth-order valence-corrected chi connectivity index (χ4v) is 2.76. The molecule has 0 fully saturated rings. The maximum absolute atomic E-state index is 11.5. The number of carbonyl (C=O) groups excluding carboxylic acids is 1. The molecule has 0 aliphatic carbocycles. The quantitative estimate of drug-likeness (QED) is 0.591. The molecular formula is C9H8ClNO3S. The zero-order valence-electron chi connectivity index (χ0n) is 7.81. The number of likely N-dealkylation sites (N-methyl/N-ethyl adjacent to an activating group) is 1. The van der Waals surface area contributed by atoms with Gasteiger partial charge in [-0.2, -0.15) is 0 Å².